The number of hydrogen-bond acceptors (Lipinski definition) is 6. The van der Waals surface area contributed by atoms with Gasteiger partial charge in [0, 0.05) is 24.5 Å². The molecule has 0 N–H and O–H groups in total. The van der Waals surface area contributed by atoms with Crippen LogP contribution in [0.2, 0.25) is 0 Å². The second-order valence-corrected chi connectivity index (χ2v) is 16.5. The SMILES string of the molecule is CC(C)c1cccc(C(C)C)c1N1[CH-]N(c2c(C(C)C)cccc2C(C)C)CC1.COc1ccc(C(=O)N2C(=O)C(C(C)C)Oc3c([CH]=[Ru+])cccc32)cc1.Cl. The van der Waals surface area contributed by atoms with Gasteiger partial charge in [-0.15, -0.1) is 12.4 Å². The average Bonchev–Trinajstić information content (AvgIpc) is 3.66. The van der Waals surface area contributed by atoms with Gasteiger partial charge in [0.25, 0.3) is 0 Å². The standard InChI is InChI=1S/C27H39N2.C20H19NO4.ClH.Ru/c1-18(2)22-11-9-12-23(19(3)4)26(22)28-15-16-29(17-28)27-24(20(5)6)13-10-14-25(27)21(7)8;1-12(2)17-20(23)21(16-7-5-6-13(3)18(16)25-17)19(22)14-8-10-15(24-4)11-9-14;;/h9-14,17-21H,15-16H2,1-8H3;3,5-12,17H,1-2,4H3;1H;/q-1;;;+1. The van der Waals surface area contributed by atoms with Gasteiger partial charge in [-0.2, -0.15) is 6.67 Å². The second kappa shape index (κ2) is 19.4. The predicted molar refractivity (Wildman–Crippen MR) is 231 cm³/mol. The van der Waals surface area contributed by atoms with Crippen LogP contribution < -0.4 is 24.2 Å². The van der Waals surface area contributed by atoms with Gasteiger partial charge in [0.2, 0.25) is 0 Å². The molecule has 7 nitrogen and oxygen atoms in total. The van der Waals surface area contributed by atoms with Crippen molar-refractivity contribution in [3.63, 3.8) is 0 Å². The quantitative estimate of drug-likeness (QED) is 0.0899. The van der Waals surface area contributed by atoms with E-state index in [9.17, 15) is 9.59 Å². The Morgan fingerprint density at radius 1 is 0.732 bits per heavy atom. The van der Waals surface area contributed by atoms with Gasteiger partial charge in [-0.05, 0) is 45.9 Å². The number of carbonyl (C=O) groups is 2. The maximum atomic E-state index is 13.1. The summed E-state index contributed by atoms with van der Waals surface area (Å²) in [6.45, 7) is 26.7. The molecule has 1 saturated heterocycles. The smallest absolute Gasteiger partial charge is 0.147 e. The molecule has 6 rings (SSSR count). The Labute approximate surface area is 351 Å². The van der Waals surface area contributed by atoms with Crippen LogP contribution in [-0.4, -0.2) is 42.7 Å². The van der Waals surface area contributed by atoms with E-state index in [-0.39, 0.29) is 30.1 Å². The van der Waals surface area contributed by atoms with Gasteiger partial charge >= 0.3 is 162 Å². The van der Waals surface area contributed by atoms with Crippen LogP contribution in [0.15, 0.2) is 78.9 Å². The number of rotatable bonds is 10. The number of anilines is 3. The van der Waals surface area contributed by atoms with Crippen molar-refractivity contribution in [2.24, 2.45) is 5.92 Å². The van der Waals surface area contributed by atoms with Gasteiger partial charge in [0.05, 0.1) is 0 Å². The van der Waals surface area contributed by atoms with Crippen LogP contribution in [-0.2, 0) is 22.6 Å². The number of fused-ring (bicyclic) bond motifs is 1. The van der Waals surface area contributed by atoms with E-state index >= 15 is 0 Å². The summed E-state index contributed by atoms with van der Waals surface area (Å²) in [5.41, 5.74) is 10.4. The topological polar surface area (TPSA) is 62.3 Å². The first-order valence-corrected chi connectivity index (χ1v) is 20.6. The number of imide groups is 1. The van der Waals surface area contributed by atoms with Crippen LogP contribution in [0, 0.1) is 12.6 Å². The largest absolute Gasteiger partial charge is 0.147 e. The number of para-hydroxylation sites is 3. The van der Waals surface area contributed by atoms with E-state index in [1.165, 1.54) is 38.5 Å². The zero-order valence-corrected chi connectivity index (χ0v) is 37.3. The summed E-state index contributed by atoms with van der Waals surface area (Å²) in [5.74, 6) is 2.45. The first-order valence-electron chi connectivity index (χ1n) is 19.6. The zero-order chi connectivity index (χ0) is 40.1. The average molecular weight is 867 g/mol. The van der Waals surface area contributed by atoms with Gasteiger partial charge in [-0.3, -0.25) is 0 Å². The summed E-state index contributed by atoms with van der Waals surface area (Å²) in [7, 11) is 1.56. The van der Waals surface area contributed by atoms with E-state index in [4.69, 9.17) is 9.47 Å². The molecule has 4 aromatic rings. The van der Waals surface area contributed by atoms with Gasteiger partial charge in [0.1, 0.15) is 0 Å². The summed E-state index contributed by atoms with van der Waals surface area (Å²) in [6, 6.07) is 25.8. The summed E-state index contributed by atoms with van der Waals surface area (Å²) in [4.78, 5) is 32.4. The Kier molecular flexibility index (Phi) is 15.5. The molecule has 0 bridgehead atoms. The minimum absolute atomic E-state index is 0. The Balaban J connectivity index is 0.000000246. The molecule has 0 saturated carbocycles. The number of hydrogen-bond donors (Lipinski definition) is 0. The number of nitrogens with zero attached hydrogens (tertiary/aromatic N) is 3. The third-order valence-electron chi connectivity index (χ3n) is 10.3. The molecule has 56 heavy (non-hydrogen) atoms. The van der Waals surface area contributed by atoms with Crippen molar-refractivity contribution >= 4 is 45.9 Å². The maximum absolute atomic E-state index is 13.1. The summed E-state index contributed by atoms with van der Waals surface area (Å²) >= 11 is 2.43. The van der Waals surface area contributed by atoms with Crippen molar-refractivity contribution in [1.29, 1.82) is 0 Å². The molecular weight excluding hydrogens is 807 g/mol. The molecule has 0 radical (unpaired) electrons. The first-order chi connectivity index (χ1) is 26.2. The van der Waals surface area contributed by atoms with Crippen molar-refractivity contribution in [2.75, 3.05) is 34.9 Å². The third-order valence-corrected chi connectivity index (χ3v) is 10.9. The van der Waals surface area contributed by atoms with E-state index in [0.717, 1.165) is 18.7 Å². The van der Waals surface area contributed by atoms with Crippen LogP contribution in [0.5, 0.6) is 11.5 Å². The second-order valence-electron chi connectivity index (χ2n) is 16.0. The van der Waals surface area contributed by atoms with Crippen molar-refractivity contribution < 1.29 is 36.9 Å². The van der Waals surface area contributed by atoms with Crippen LogP contribution in [0.25, 0.3) is 0 Å². The molecule has 2 heterocycles. The number of amides is 2. The number of halogens is 1. The molecule has 4 aromatic carbocycles. The van der Waals surface area contributed by atoms with Crippen LogP contribution >= 0.6 is 12.4 Å². The van der Waals surface area contributed by atoms with Crippen LogP contribution in [0.4, 0.5) is 17.1 Å². The molecule has 0 aliphatic carbocycles. The molecule has 301 valence electrons. The molecule has 0 aromatic heterocycles. The first kappa shape index (κ1) is 44.7. The minimum Gasteiger partial charge on any atom is -0.147 e. The monoisotopic (exact) mass is 866 g/mol. The molecular formula is C47H59ClN3O4Ru. The molecule has 0 spiro atoms. The maximum Gasteiger partial charge on any atom is -0.147 e. The summed E-state index contributed by atoms with van der Waals surface area (Å²) < 4.78 is 12.9. The normalized spacial score (nSPS) is 15.2. The van der Waals surface area contributed by atoms with E-state index in [2.05, 4.69) is 126 Å². The fraction of sp³-hybridized carbons (Fsp3) is 0.404. The van der Waals surface area contributed by atoms with Gasteiger partial charge in [-0.25, -0.2) is 0 Å². The van der Waals surface area contributed by atoms with E-state index < -0.39 is 6.10 Å². The van der Waals surface area contributed by atoms with E-state index in [1.54, 1.807) is 43.5 Å². The van der Waals surface area contributed by atoms with Crippen LogP contribution in [0.3, 0.4) is 0 Å². The molecule has 2 amide bonds. The molecule has 1 atom stereocenters. The Bertz CT molecular complexity index is 1870. The Hall–Kier alpha value is -4.00. The Morgan fingerprint density at radius 3 is 1.57 bits per heavy atom. The number of ether oxygens (including phenoxy) is 2. The van der Waals surface area contributed by atoms with Gasteiger partial charge < -0.3 is 9.80 Å². The fourth-order valence-corrected chi connectivity index (χ4v) is 7.76. The summed E-state index contributed by atoms with van der Waals surface area (Å²) in [6.07, 6.45) is -0.711. The van der Waals surface area contributed by atoms with Crippen molar-refractivity contribution in [1.82, 2.24) is 0 Å². The van der Waals surface area contributed by atoms with E-state index in [1.807, 2.05) is 24.5 Å². The third kappa shape index (κ3) is 9.40. The predicted octanol–water partition coefficient (Wildman–Crippen LogP) is 11.0. The van der Waals surface area contributed by atoms with Crippen molar-refractivity contribution in [3.05, 3.63) is 119 Å². The zero-order valence-electron chi connectivity index (χ0n) is 34.8. The fourth-order valence-electron chi connectivity index (χ4n) is 7.37. The van der Waals surface area contributed by atoms with Crippen molar-refractivity contribution in [2.45, 2.75) is 99.0 Å². The number of carbonyl (C=O) groups excluding carboxylic acids is 2. The van der Waals surface area contributed by atoms with Crippen molar-refractivity contribution in [3.8, 4) is 11.5 Å². The van der Waals surface area contributed by atoms with Gasteiger partial charge in [-0.1, -0.05) is 91.8 Å². The van der Waals surface area contributed by atoms with Crippen LogP contribution in [0.1, 0.15) is 131 Å². The molecule has 1 unspecified atom stereocenters. The molecule has 2 aliphatic rings. The van der Waals surface area contributed by atoms with E-state index in [0.29, 0.717) is 46.4 Å². The minimum atomic E-state index is -0.711. The number of benzene rings is 4. The van der Waals surface area contributed by atoms with Gasteiger partial charge in [0.15, 0.2) is 0 Å². The summed E-state index contributed by atoms with van der Waals surface area (Å²) in [5, 5.41) is 0. The Morgan fingerprint density at radius 2 is 1.18 bits per heavy atom. The number of methoxy groups -OCH3 is 1. The molecule has 2 aliphatic heterocycles. The molecule has 1 fully saturated rings. The molecule has 9 heteroatoms.